The Kier molecular flexibility index (Phi) is 5.00. The lowest BCUT2D eigenvalue weighted by Gasteiger charge is -2.22. The number of nitro benzene ring substituents is 1. The molecule has 0 aromatic heterocycles. The molecule has 0 unspecified atom stereocenters. The highest BCUT2D eigenvalue weighted by Crippen LogP contribution is 2.34. The first-order chi connectivity index (χ1) is 11.2. The maximum atomic E-state index is 12.8. The van der Waals surface area contributed by atoms with Crippen molar-refractivity contribution in [3.05, 3.63) is 57.1 Å². The molecule has 0 aliphatic heterocycles. The lowest BCUT2D eigenvalue weighted by atomic mass is 10.2. The van der Waals surface area contributed by atoms with E-state index in [1.165, 1.54) is 39.3 Å². The van der Waals surface area contributed by atoms with Crippen molar-refractivity contribution < 1.29 is 18.1 Å². The highest BCUT2D eigenvalue weighted by atomic mass is 35.5. The molecule has 0 radical (unpaired) electrons. The van der Waals surface area contributed by atoms with E-state index in [4.69, 9.17) is 16.3 Å². The van der Waals surface area contributed by atoms with Crippen LogP contribution in [0, 0.1) is 17.0 Å². The molecule has 2 rings (SSSR count). The van der Waals surface area contributed by atoms with Crippen molar-refractivity contribution in [1.29, 1.82) is 0 Å². The van der Waals surface area contributed by atoms with Crippen LogP contribution < -0.4 is 9.04 Å². The monoisotopic (exact) mass is 370 g/mol. The molecule has 0 aliphatic carbocycles. The maximum Gasteiger partial charge on any atom is 0.273 e. The van der Waals surface area contributed by atoms with Crippen molar-refractivity contribution in [2.75, 3.05) is 18.5 Å². The Morgan fingerprint density at radius 1 is 1.21 bits per heavy atom. The number of rotatable bonds is 5. The molecule has 0 spiro atoms. The van der Waals surface area contributed by atoms with E-state index in [9.17, 15) is 18.5 Å². The van der Waals surface area contributed by atoms with Crippen molar-refractivity contribution in [1.82, 2.24) is 0 Å². The van der Waals surface area contributed by atoms with E-state index in [0.717, 1.165) is 10.4 Å². The number of hydrogen-bond donors (Lipinski definition) is 0. The van der Waals surface area contributed by atoms with Crippen LogP contribution in [-0.2, 0) is 10.0 Å². The third-order valence-corrected chi connectivity index (χ3v) is 5.52. The van der Waals surface area contributed by atoms with Gasteiger partial charge in [0.2, 0.25) is 0 Å². The third kappa shape index (κ3) is 3.29. The average molecular weight is 371 g/mol. The molecule has 24 heavy (non-hydrogen) atoms. The number of sulfonamides is 1. The van der Waals surface area contributed by atoms with Gasteiger partial charge in [0.1, 0.15) is 5.75 Å². The number of anilines is 1. The summed E-state index contributed by atoms with van der Waals surface area (Å²) >= 11 is 5.94. The fraction of sp³-hybridized carbons (Fsp3) is 0.200. The minimum absolute atomic E-state index is 0.190. The molecule has 2 aromatic rings. The molecule has 0 saturated carbocycles. The molecular formula is C15H15ClN2O5S. The fourth-order valence-electron chi connectivity index (χ4n) is 2.14. The van der Waals surface area contributed by atoms with Gasteiger partial charge >= 0.3 is 0 Å². The van der Waals surface area contributed by atoms with Crippen LogP contribution in [0.15, 0.2) is 41.3 Å². The van der Waals surface area contributed by atoms with Crippen molar-refractivity contribution in [2.45, 2.75) is 11.8 Å². The fourth-order valence-corrected chi connectivity index (χ4v) is 3.53. The van der Waals surface area contributed by atoms with Crippen LogP contribution in [0.5, 0.6) is 5.75 Å². The predicted octanol–water partition coefficient (Wildman–Crippen LogP) is 3.39. The first-order valence-electron chi connectivity index (χ1n) is 6.76. The summed E-state index contributed by atoms with van der Waals surface area (Å²) in [6, 6.07) is 8.32. The Morgan fingerprint density at radius 2 is 1.88 bits per heavy atom. The number of benzene rings is 2. The van der Waals surface area contributed by atoms with E-state index in [0.29, 0.717) is 16.3 Å². The number of methoxy groups -OCH3 is 1. The minimum atomic E-state index is -4.02. The van der Waals surface area contributed by atoms with Crippen LogP contribution in [0.3, 0.4) is 0 Å². The van der Waals surface area contributed by atoms with Gasteiger partial charge in [-0.25, -0.2) is 8.42 Å². The molecule has 9 heteroatoms. The van der Waals surface area contributed by atoms with Crippen molar-refractivity contribution in [3.63, 3.8) is 0 Å². The zero-order valence-corrected chi connectivity index (χ0v) is 14.8. The van der Waals surface area contributed by atoms with Crippen LogP contribution in [0.25, 0.3) is 0 Å². The van der Waals surface area contributed by atoms with Crippen molar-refractivity contribution in [2.24, 2.45) is 0 Å². The summed E-state index contributed by atoms with van der Waals surface area (Å²) in [6.45, 7) is 1.54. The zero-order valence-electron chi connectivity index (χ0n) is 13.2. The Morgan fingerprint density at radius 3 is 2.46 bits per heavy atom. The van der Waals surface area contributed by atoms with E-state index in [1.807, 2.05) is 0 Å². The van der Waals surface area contributed by atoms with E-state index in [1.54, 1.807) is 12.1 Å². The number of nitrogens with zero attached hydrogens (tertiary/aromatic N) is 2. The average Bonchev–Trinajstić information content (AvgIpc) is 2.53. The molecule has 128 valence electrons. The second-order valence-corrected chi connectivity index (χ2v) is 7.40. The Hall–Kier alpha value is -2.32. The number of nitro groups is 1. The van der Waals surface area contributed by atoms with E-state index < -0.39 is 14.9 Å². The van der Waals surface area contributed by atoms with Gasteiger partial charge in [0.05, 0.1) is 22.6 Å². The van der Waals surface area contributed by atoms with E-state index >= 15 is 0 Å². The second kappa shape index (κ2) is 6.66. The van der Waals surface area contributed by atoms with Gasteiger partial charge in [-0.05, 0) is 31.2 Å². The highest BCUT2D eigenvalue weighted by molar-refractivity contribution is 7.92. The van der Waals surface area contributed by atoms with Crippen LogP contribution in [0.2, 0.25) is 5.02 Å². The summed E-state index contributed by atoms with van der Waals surface area (Å²) < 4.78 is 31.7. The first-order valence-corrected chi connectivity index (χ1v) is 8.58. The molecule has 0 bridgehead atoms. The van der Waals surface area contributed by atoms with Crippen LogP contribution in [0.4, 0.5) is 11.4 Å². The van der Waals surface area contributed by atoms with Crippen molar-refractivity contribution in [3.8, 4) is 5.75 Å². The number of ether oxygens (including phenoxy) is 1. The topological polar surface area (TPSA) is 89.8 Å². The molecule has 0 heterocycles. The lowest BCUT2D eigenvalue weighted by Crippen LogP contribution is -2.27. The molecule has 0 aliphatic rings. The van der Waals surface area contributed by atoms with Gasteiger partial charge in [-0.2, -0.15) is 0 Å². The Balaban J connectivity index is 2.57. The second-order valence-electron chi connectivity index (χ2n) is 4.99. The summed E-state index contributed by atoms with van der Waals surface area (Å²) in [7, 11) is -1.29. The summed E-state index contributed by atoms with van der Waals surface area (Å²) in [5.74, 6) is 0.312. The largest absolute Gasteiger partial charge is 0.495 e. The van der Waals surface area contributed by atoms with Gasteiger partial charge < -0.3 is 4.74 Å². The highest BCUT2D eigenvalue weighted by Gasteiger charge is 2.26. The van der Waals surface area contributed by atoms with Crippen LogP contribution >= 0.6 is 11.6 Å². The number of aryl methyl sites for hydroxylation is 1. The summed E-state index contributed by atoms with van der Waals surface area (Å²) in [6.07, 6.45) is 0. The Labute approximate surface area is 144 Å². The van der Waals surface area contributed by atoms with Crippen LogP contribution in [-0.4, -0.2) is 27.5 Å². The third-order valence-electron chi connectivity index (χ3n) is 3.52. The van der Waals surface area contributed by atoms with Gasteiger partial charge in [0, 0.05) is 23.7 Å². The molecular weight excluding hydrogens is 356 g/mol. The Bertz CT molecular complexity index is 899. The van der Waals surface area contributed by atoms with Gasteiger partial charge in [0.15, 0.2) is 0 Å². The molecule has 0 amide bonds. The normalized spacial score (nSPS) is 11.2. The predicted molar refractivity (Wildman–Crippen MR) is 91.4 cm³/mol. The molecule has 0 atom stereocenters. The van der Waals surface area contributed by atoms with Crippen molar-refractivity contribution >= 4 is 33.0 Å². The summed E-state index contributed by atoms with van der Waals surface area (Å²) in [5.41, 5.74) is 0.345. The first kappa shape index (κ1) is 18.0. The van der Waals surface area contributed by atoms with Gasteiger partial charge in [-0.15, -0.1) is 0 Å². The molecule has 7 nitrogen and oxygen atoms in total. The molecule has 0 N–H and O–H groups in total. The molecule has 0 fully saturated rings. The minimum Gasteiger partial charge on any atom is -0.495 e. The maximum absolute atomic E-state index is 12.8. The van der Waals surface area contributed by atoms with Crippen LogP contribution in [0.1, 0.15) is 5.56 Å². The van der Waals surface area contributed by atoms with Gasteiger partial charge in [-0.1, -0.05) is 17.7 Å². The SMILES string of the molecule is COc1ccc(Cl)cc1N(C)S(=O)(=O)c1ccc(C)c([N+](=O)[O-])c1. The van der Waals surface area contributed by atoms with E-state index in [-0.39, 0.29) is 16.3 Å². The molecule has 0 saturated heterocycles. The molecule has 2 aromatic carbocycles. The standard InChI is InChI=1S/C15H15ClN2O5S/c1-10-4-6-12(9-13(10)18(19)20)24(21,22)17(2)14-8-11(16)5-7-15(14)23-3/h4-9H,1-3H3. The summed E-state index contributed by atoms with van der Waals surface area (Å²) in [5, 5.41) is 11.4. The number of halogens is 1. The summed E-state index contributed by atoms with van der Waals surface area (Å²) in [4.78, 5) is 10.2. The zero-order chi connectivity index (χ0) is 18.1. The van der Waals surface area contributed by atoms with Gasteiger partial charge in [0.25, 0.3) is 15.7 Å². The van der Waals surface area contributed by atoms with Gasteiger partial charge in [-0.3, -0.25) is 14.4 Å². The smallest absolute Gasteiger partial charge is 0.273 e. The quantitative estimate of drug-likeness (QED) is 0.594. The number of hydrogen-bond acceptors (Lipinski definition) is 5. The van der Waals surface area contributed by atoms with E-state index in [2.05, 4.69) is 0 Å². The lowest BCUT2D eigenvalue weighted by molar-refractivity contribution is -0.385.